The predicted octanol–water partition coefficient (Wildman–Crippen LogP) is 3.05. The minimum atomic E-state index is -0.201. The van der Waals surface area contributed by atoms with Crippen molar-refractivity contribution in [1.82, 2.24) is 19.0 Å². The number of aromatic nitrogens is 3. The molecule has 1 unspecified atom stereocenters. The minimum Gasteiger partial charge on any atom is -0.338 e. The number of rotatable bonds is 4. The molecule has 1 fully saturated rings. The number of amides is 1. The molecule has 0 bridgehead atoms. The Hall–Kier alpha value is -2.37. The third kappa shape index (κ3) is 3.57. The van der Waals surface area contributed by atoms with Crippen LogP contribution in [-0.4, -0.2) is 38.0 Å². The molecule has 0 aromatic carbocycles. The van der Waals surface area contributed by atoms with Crippen LogP contribution in [0, 0.1) is 6.92 Å². The maximum atomic E-state index is 13.1. The first-order valence-electron chi connectivity index (χ1n) is 9.86. The van der Waals surface area contributed by atoms with E-state index in [-0.39, 0.29) is 22.9 Å². The van der Waals surface area contributed by atoms with Gasteiger partial charge in [0.25, 0.3) is 11.5 Å². The van der Waals surface area contributed by atoms with Crippen molar-refractivity contribution in [3.63, 3.8) is 0 Å². The standard InChI is InChI=1S/C21H30N4O2/c1-6-18-15(4)12-17(20(26)23(18)5)21(27)24-10-7-8-16(13-24)19-22-9-11-25(19)14(2)3/h9,11-12,14,16H,6-8,10,13H2,1-5H3. The summed E-state index contributed by atoms with van der Waals surface area (Å²) in [5.74, 6) is 1.08. The number of imidazole rings is 1. The van der Waals surface area contributed by atoms with E-state index < -0.39 is 0 Å². The van der Waals surface area contributed by atoms with Crippen molar-refractivity contribution in [3.05, 3.63) is 51.5 Å². The Bertz CT molecular complexity index is 894. The highest BCUT2D eigenvalue weighted by molar-refractivity contribution is 5.94. The summed E-state index contributed by atoms with van der Waals surface area (Å²) >= 11 is 0. The number of pyridine rings is 1. The Kier molecular flexibility index (Phi) is 5.53. The highest BCUT2D eigenvalue weighted by Crippen LogP contribution is 2.28. The van der Waals surface area contributed by atoms with Crippen molar-refractivity contribution in [3.8, 4) is 0 Å². The van der Waals surface area contributed by atoms with Crippen LogP contribution in [0.4, 0.5) is 0 Å². The summed E-state index contributed by atoms with van der Waals surface area (Å²) < 4.78 is 3.80. The van der Waals surface area contributed by atoms with Crippen molar-refractivity contribution in [1.29, 1.82) is 0 Å². The number of hydrogen-bond acceptors (Lipinski definition) is 3. The van der Waals surface area contributed by atoms with Crippen LogP contribution in [0.25, 0.3) is 0 Å². The zero-order chi connectivity index (χ0) is 19.7. The van der Waals surface area contributed by atoms with Gasteiger partial charge in [-0.2, -0.15) is 0 Å². The number of carbonyl (C=O) groups is 1. The third-order valence-corrected chi connectivity index (χ3v) is 5.65. The largest absolute Gasteiger partial charge is 0.338 e. The molecule has 0 aliphatic carbocycles. The molecule has 3 rings (SSSR count). The third-order valence-electron chi connectivity index (χ3n) is 5.65. The molecule has 1 aliphatic rings. The van der Waals surface area contributed by atoms with Gasteiger partial charge in [-0.15, -0.1) is 0 Å². The van der Waals surface area contributed by atoms with Crippen LogP contribution < -0.4 is 5.56 Å². The monoisotopic (exact) mass is 370 g/mol. The van der Waals surface area contributed by atoms with E-state index in [1.807, 2.05) is 31.1 Å². The van der Waals surface area contributed by atoms with Crippen LogP contribution in [0.15, 0.2) is 23.3 Å². The van der Waals surface area contributed by atoms with Crippen LogP contribution in [0.3, 0.4) is 0 Å². The number of carbonyl (C=O) groups excluding carboxylic acids is 1. The molecule has 0 spiro atoms. The fourth-order valence-electron chi connectivity index (χ4n) is 4.22. The van der Waals surface area contributed by atoms with Gasteiger partial charge in [-0.3, -0.25) is 9.59 Å². The highest BCUT2D eigenvalue weighted by atomic mass is 16.2. The smallest absolute Gasteiger partial charge is 0.263 e. The van der Waals surface area contributed by atoms with Crippen LogP contribution >= 0.6 is 0 Å². The summed E-state index contributed by atoms with van der Waals surface area (Å²) in [5, 5.41) is 0. The molecule has 1 amide bonds. The Morgan fingerprint density at radius 3 is 2.78 bits per heavy atom. The van der Waals surface area contributed by atoms with Gasteiger partial charge in [0.1, 0.15) is 11.4 Å². The Morgan fingerprint density at radius 1 is 1.37 bits per heavy atom. The van der Waals surface area contributed by atoms with E-state index in [1.54, 1.807) is 17.7 Å². The van der Waals surface area contributed by atoms with Gasteiger partial charge in [-0.25, -0.2) is 4.98 Å². The van der Waals surface area contributed by atoms with Gasteiger partial charge in [0.15, 0.2) is 0 Å². The second kappa shape index (κ2) is 7.71. The van der Waals surface area contributed by atoms with Crippen LogP contribution in [-0.2, 0) is 13.5 Å². The van der Waals surface area contributed by atoms with Crippen molar-refractivity contribution in [2.24, 2.45) is 7.05 Å². The second-order valence-electron chi connectivity index (χ2n) is 7.78. The molecule has 0 radical (unpaired) electrons. The molecule has 1 saturated heterocycles. The van der Waals surface area contributed by atoms with Gasteiger partial charge in [0.05, 0.1) is 0 Å². The van der Waals surface area contributed by atoms with Crippen molar-refractivity contribution >= 4 is 5.91 Å². The molecule has 2 aromatic rings. The lowest BCUT2D eigenvalue weighted by atomic mass is 9.96. The normalized spacial score (nSPS) is 17.6. The van der Waals surface area contributed by atoms with Crippen molar-refractivity contribution in [2.45, 2.75) is 58.9 Å². The summed E-state index contributed by atoms with van der Waals surface area (Å²) in [6.45, 7) is 9.57. The zero-order valence-electron chi connectivity index (χ0n) is 17.0. The Labute approximate surface area is 160 Å². The number of likely N-dealkylation sites (tertiary alicyclic amines) is 1. The van der Waals surface area contributed by atoms with E-state index in [0.717, 1.165) is 36.3 Å². The van der Waals surface area contributed by atoms with Gasteiger partial charge >= 0.3 is 0 Å². The maximum absolute atomic E-state index is 13.1. The summed E-state index contributed by atoms with van der Waals surface area (Å²) in [7, 11) is 1.75. The fraction of sp³-hybridized carbons (Fsp3) is 0.571. The molecule has 1 aliphatic heterocycles. The van der Waals surface area contributed by atoms with Gasteiger partial charge in [-0.05, 0) is 51.7 Å². The molecular weight excluding hydrogens is 340 g/mol. The lowest BCUT2D eigenvalue weighted by molar-refractivity contribution is 0.0700. The molecule has 27 heavy (non-hydrogen) atoms. The minimum absolute atomic E-state index is 0.159. The summed E-state index contributed by atoms with van der Waals surface area (Å²) in [6.07, 6.45) is 6.55. The SMILES string of the molecule is CCc1c(C)cc(C(=O)N2CCCC(c3nccn3C(C)C)C2)c(=O)n1C. The lowest BCUT2D eigenvalue weighted by Gasteiger charge is -2.33. The van der Waals surface area contributed by atoms with Crippen LogP contribution in [0.5, 0.6) is 0 Å². The molecule has 6 nitrogen and oxygen atoms in total. The number of hydrogen-bond donors (Lipinski definition) is 0. The first-order valence-corrected chi connectivity index (χ1v) is 9.86. The van der Waals surface area contributed by atoms with E-state index in [1.165, 1.54) is 0 Å². The van der Waals surface area contributed by atoms with Gasteiger partial charge in [0, 0.05) is 50.2 Å². The van der Waals surface area contributed by atoms with Crippen molar-refractivity contribution < 1.29 is 4.79 Å². The van der Waals surface area contributed by atoms with E-state index in [4.69, 9.17) is 0 Å². The number of piperidine rings is 1. The average molecular weight is 370 g/mol. The van der Waals surface area contributed by atoms with Crippen molar-refractivity contribution in [2.75, 3.05) is 13.1 Å². The zero-order valence-corrected chi connectivity index (χ0v) is 17.0. The molecule has 6 heteroatoms. The van der Waals surface area contributed by atoms with Crippen LogP contribution in [0.1, 0.15) is 73.0 Å². The van der Waals surface area contributed by atoms with Gasteiger partial charge in [-0.1, -0.05) is 6.92 Å². The molecule has 2 aromatic heterocycles. The average Bonchev–Trinajstić information content (AvgIpc) is 3.15. The van der Waals surface area contributed by atoms with E-state index in [2.05, 4.69) is 23.4 Å². The van der Waals surface area contributed by atoms with Crippen LogP contribution in [0.2, 0.25) is 0 Å². The summed E-state index contributed by atoms with van der Waals surface area (Å²) in [5.41, 5.74) is 2.05. The van der Waals surface area contributed by atoms with Gasteiger partial charge in [0.2, 0.25) is 0 Å². The quantitative estimate of drug-likeness (QED) is 0.831. The first-order chi connectivity index (χ1) is 12.8. The fourth-order valence-corrected chi connectivity index (χ4v) is 4.22. The van der Waals surface area contributed by atoms with E-state index >= 15 is 0 Å². The lowest BCUT2D eigenvalue weighted by Crippen LogP contribution is -2.42. The van der Waals surface area contributed by atoms with E-state index in [9.17, 15) is 9.59 Å². The molecule has 146 valence electrons. The van der Waals surface area contributed by atoms with E-state index in [0.29, 0.717) is 19.1 Å². The Morgan fingerprint density at radius 2 is 2.11 bits per heavy atom. The summed E-state index contributed by atoms with van der Waals surface area (Å²) in [4.78, 5) is 32.3. The summed E-state index contributed by atoms with van der Waals surface area (Å²) in [6, 6.07) is 2.10. The highest BCUT2D eigenvalue weighted by Gasteiger charge is 2.30. The molecule has 1 atom stereocenters. The molecule has 0 saturated carbocycles. The number of aryl methyl sites for hydroxylation is 1. The molecular formula is C21H30N4O2. The predicted molar refractivity (Wildman–Crippen MR) is 106 cm³/mol. The number of nitrogens with zero attached hydrogens (tertiary/aromatic N) is 4. The maximum Gasteiger partial charge on any atom is 0.263 e. The Balaban J connectivity index is 1.88. The first kappa shape index (κ1) is 19.4. The molecule has 3 heterocycles. The topological polar surface area (TPSA) is 60.1 Å². The molecule has 0 N–H and O–H groups in total. The van der Waals surface area contributed by atoms with Gasteiger partial charge < -0.3 is 14.0 Å². The second-order valence-corrected chi connectivity index (χ2v) is 7.78.